The molecule has 0 unspecified atom stereocenters. The zero-order valence-corrected chi connectivity index (χ0v) is 21.4. The first-order chi connectivity index (χ1) is 15.8. The summed E-state index contributed by atoms with van der Waals surface area (Å²) < 4.78 is 33.8. The topological polar surface area (TPSA) is 84.5 Å². The molecule has 0 aliphatic carbocycles. The molecule has 1 amide bonds. The molecule has 0 fully saturated rings. The van der Waals surface area contributed by atoms with Crippen molar-refractivity contribution in [3.63, 3.8) is 0 Å². The summed E-state index contributed by atoms with van der Waals surface area (Å²) in [5, 5.41) is 3.18. The number of nitrogens with one attached hydrogen (secondary N) is 2. The maximum Gasteiger partial charge on any atom is 0.265 e. The van der Waals surface area contributed by atoms with E-state index in [1.165, 1.54) is 29.8 Å². The van der Waals surface area contributed by atoms with Crippen LogP contribution < -0.4 is 14.8 Å². The molecule has 1 atom stereocenters. The fourth-order valence-corrected chi connectivity index (χ4v) is 4.45. The van der Waals surface area contributed by atoms with Crippen LogP contribution in [-0.2, 0) is 20.2 Å². The smallest absolute Gasteiger partial charge is 0.265 e. The number of rotatable bonds is 7. The van der Waals surface area contributed by atoms with Crippen molar-refractivity contribution in [2.24, 2.45) is 0 Å². The van der Waals surface area contributed by atoms with Crippen LogP contribution in [0, 0.1) is 6.92 Å². The van der Waals surface area contributed by atoms with Crippen LogP contribution in [-0.4, -0.2) is 20.4 Å². The van der Waals surface area contributed by atoms with Gasteiger partial charge in [0.05, 0.1) is 10.6 Å². The molecule has 0 saturated heterocycles. The van der Waals surface area contributed by atoms with E-state index >= 15 is 0 Å². The summed E-state index contributed by atoms with van der Waals surface area (Å²) in [5.74, 6) is 0.252. The number of hydrogen-bond acceptors (Lipinski definition) is 4. The number of benzene rings is 3. The number of amides is 1. The van der Waals surface area contributed by atoms with E-state index in [9.17, 15) is 13.2 Å². The quantitative estimate of drug-likeness (QED) is 0.407. The van der Waals surface area contributed by atoms with Gasteiger partial charge in [-0.05, 0) is 78.9 Å². The Hall–Kier alpha value is -3.03. The van der Waals surface area contributed by atoms with Gasteiger partial charge in [0.15, 0.2) is 6.10 Å². The van der Waals surface area contributed by atoms with Crippen molar-refractivity contribution in [3.05, 3.63) is 82.9 Å². The Morgan fingerprint density at radius 3 is 2.18 bits per heavy atom. The molecule has 0 radical (unpaired) electrons. The summed E-state index contributed by atoms with van der Waals surface area (Å²) in [5.41, 5.74) is 2.82. The first-order valence-electron chi connectivity index (χ1n) is 10.8. The summed E-state index contributed by atoms with van der Waals surface area (Å²) in [6.07, 6.45) is -0.739. The molecule has 3 aromatic rings. The molecule has 6 nitrogen and oxygen atoms in total. The Bertz CT molecular complexity index is 1270. The normalized spacial score (nSPS) is 12.6. The third-order valence-electron chi connectivity index (χ3n) is 5.28. The minimum absolute atomic E-state index is 0.0314. The summed E-state index contributed by atoms with van der Waals surface area (Å²) >= 11 is 5.98. The van der Waals surface area contributed by atoms with Crippen LogP contribution in [0.15, 0.2) is 71.6 Å². The minimum atomic E-state index is -3.82. The number of aryl methyl sites for hydroxylation is 1. The highest BCUT2D eigenvalue weighted by atomic mass is 35.5. The zero-order valence-electron chi connectivity index (χ0n) is 19.8. The number of ether oxygens (including phenoxy) is 1. The SMILES string of the molecule is Cc1ccc(Cl)cc1NS(=O)(=O)c1ccc(NC(=O)[C@@H](C)Oc2ccc(C(C)(C)C)cc2)cc1. The van der Waals surface area contributed by atoms with Gasteiger partial charge in [-0.15, -0.1) is 0 Å². The molecule has 0 aliphatic rings. The van der Waals surface area contributed by atoms with Gasteiger partial charge in [0.2, 0.25) is 0 Å². The van der Waals surface area contributed by atoms with Gasteiger partial charge in [0.25, 0.3) is 15.9 Å². The van der Waals surface area contributed by atoms with Crippen LogP contribution >= 0.6 is 11.6 Å². The van der Waals surface area contributed by atoms with Gasteiger partial charge in [-0.2, -0.15) is 0 Å². The van der Waals surface area contributed by atoms with E-state index in [1.807, 2.05) is 24.3 Å². The Balaban J connectivity index is 1.63. The second-order valence-electron chi connectivity index (χ2n) is 9.11. The second kappa shape index (κ2) is 10.1. The second-order valence-corrected chi connectivity index (χ2v) is 11.2. The van der Waals surface area contributed by atoms with Crippen molar-refractivity contribution in [1.29, 1.82) is 0 Å². The minimum Gasteiger partial charge on any atom is -0.481 e. The lowest BCUT2D eigenvalue weighted by Gasteiger charge is -2.20. The molecule has 0 aliphatic heterocycles. The van der Waals surface area contributed by atoms with Gasteiger partial charge < -0.3 is 10.1 Å². The third kappa shape index (κ3) is 6.52. The largest absolute Gasteiger partial charge is 0.481 e. The lowest BCUT2D eigenvalue weighted by atomic mass is 9.87. The van der Waals surface area contributed by atoms with Gasteiger partial charge in [-0.25, -0.2) is 8.42 Å². The molecule has 3 aromatic carbocycles. The molecule has 180 valence electrons. The number of sulfonamides is 1. The van der Waals surface area contributed by atoms with E-state index in [0.29, 0.717) is 22.1 Å². The summed E-state index contributed by atoms with van der Waals surface area (Å²) in [6.45, 7) is 9.83. The van der Waals surface area contributed by atoms with Crippen molar-refractivity contribution in [2.45, 2.75) is 51.0 Å². The standard InChI is InChI=1S/C26H29ClN2O4S/c1-17-6-9-20(27)16-24(17)29-34(31,32)23-14-10-21(11-15-23)28-25(30)18(2)33-22-12-7-19(8-13-22)26(3,4)5/h6-16,18,29H,1-5H3,(H,28,30)/t18-/m1/s1. The molecule has 0 saturated carbocycles. The third-order valence-corrected chi connectivity index (χ3v) is 6.90. The van der Waals surface area contributed by atoms with Crippen LogP contribution in [0.25, 0.3) is 0 Å². The average molecular weight is 501 g/mol. The molecule has 2 N–H and O–H groups in total. The van der Waals surface area contributed by atoms with E-state index in [-0.39, 0.29) is 16.2 Å². The fraction of sp³-hybridized carbons (Fsp3) is 0.269. The number of halogens is 1. The molecule has 34 heavy (non-hydrogen) atoms. The first-order valence-corrected chi connectivity index (χ1v) is 12.7. The predicted molar refractivity (Wildman–Crippen MR) is 137 cm³/mol. The lowest BCUT2D eigenvalue weighted by Crippen LogP contribution is -2.30. The highest BCUT2D eigenvalue weighted by molar-refractivity contribution is 7.92. The summed E-state index contributed by atoms with van der Waals surface area (Å²) in [6, 6.07) is 18.6. The first kappa shape index (κ1) is 25.6. The summed E-state index contributed by atoms with van der Waals surface area (Å²) in [7, 11) is -3.82. The van der Waals surface area contributed by atoms with Gasteiger partial charge in [-0.1, -0.05) is 50.6 Å². The highest BCUT2D eigenvalue weighted by Crippen LogP contribution is 2.26. The molecule has 8 heteroatoms. The van der Waals surface area contributed by atoms with Crippen LogP contribution in [0.2, 0.25) is 5.02 Å². The summed E-state index contributed by atoms with van der Waals surface area (Å²) in [4.78, 5) is 12.6. The van der Waals surface area contributed by atoms with E-state index in [4.69, 9.17) is 16.3 Å². The predicted octanol–water partition coefficient (Wildman–Crippen LogP) is 6.15. The number of carbonyl (C=O) groups excluding carboxylic acids is 1. The maximum atomic E-state index is 12.7. The zero-order chi connectivity index (χ0) is 25.1. The molecule has 0 spiro atoms. The molecule has 3 rings (SSSR count). The van der Waals surface area contributed by atoms with Crippen LogP contribution in [0.4, 0.5) is 11.4 Å². The fourth-order valence-electron chi connectivity index (χ4n) is 3.16. The van der Waals surface area contributed by atoms with Gasteiger partial charge >= 0.3 is 0 Å². The Morgan fingerprint density at radius 1 is 0.971 bits per heavy atom. The van der Waals surface area contributed by atoms with E-state index in [1.54, 1.807) is 32.0 Å². The van der Waals surface area contributed by atoms with Crippen molar-refractivity contribution < 1.29 is 17.9 Å². The van der Waals surface area contributed by atoms with Crippen LogP contribution in [0.5, 0.6) is 5.75 Å². The van der Waals surface area contributed by atoms with Crippen molar-refractivity contribution in [3.8, 4) is 5.75 Å². The molecular formula is C26H29ClN2O4S. The van der Waals surface area contributed by atoms with Crippen LogP contribution in [0.1, 0.15) is 38.8 Å². The van der Waals surface area contributed by atoms with Crippen LogP contribution in [0.3, 0.4) is 0 Å². The lowest BCUT2D eigenvalue weighted by molar-refractivity contribution is -0.122. The number of anilines is 2. The molecular weight excluding hydrogens is 472 g/mol. The van der Waals surface area contributed by atoms with Crippen molar-refractivity contribution in [1.82, 2.24) is 0 Å². The number of carbonyl (C=O) groups is 1. The Kier molecular flexibility index (Phi) is 7.58. The van der Waals surface area contributed by atoms with E-state index < -0.39 is 16.1 Å². The Morgan fingerprint density at radius 2 is 1.59 bits per heavy atom. The van der Waals surface area contributed by atoms with Crippen molar-refractivity contribution >= 4 is 38.9 Å². The monoisotopic (exact) mass is 500 g/mol. The Labute approximate surface area is 206 Å². The van der Waals surface area contributed by atoms with Crippen molar-refractivity contribution in [2.75, 3.05) is 10.0 Å². The van der Waals surface area contributed by atoms with E-state index in [0.717, 1.165) is 5.56 Å². The molecule has 0 aromatic heterocycles. The van der Waals surface area contributed by atoms with Gasteiger partial charge in [-0.3, -0.25) is 9.52 Å². The average Bonchev–Trinajstić information content (AvgIpc) is 2.76. The molecule has 0 bridgehead atoms. The molecule has 0 heterocycles. The van der Waals surface area contributed by atoms with E-state index in [2.05, 4.69) is 30.8 Å². The van der Waals surface area contributed by atoms with Gasteiger partial charge in [0.1, 0.15) is 5.75 Å². The number of hydrogen-bond donors (Lipinski definition) is 2. The highest BCUT2D eigenvalue weighted by Gasteiger charge is 2.19. The van der Waals surface area contributed by atoms with Gasteiger partial charge in [0, 0.05) is 10.7 Å². The maximum absolute atomic E-state index is 12.7.